The molecule has 1 nitrogen and oxygen atoms in total. The van der Waals surface area contributed by atoms with Gasteiger partial charge in [-0.1, -0.05) is 25.8 Å². The molecular formula is C13H15N. The van der Waals surface area contributed by atoms with Gasteiger partial charge in [-0.2, -0.15) is 5.26 Å². The highest BCUT2D eigenvalue weighted by atomic mass is 14.2. The first kappa shape index (κ1) is 12.3. The Hall–Kier alpha value is -1.73. The molecule has 0 aliphatic carbocycles. The summed E-state index contributed by atoms with van der Waals surface area (Å²) < 4.78 is 0. The summed E-state index contributed by atoms with van der Waals surface area (Å²) in [4.78, 5) is 0. The van der Waals surface area contributed by atoms with Crippen LogP contribution in [0, 0.1) is 30.1 Å². The molecule has 1 aromatic rings. The maximum absolute atomic E-state index is 8.71. The highest BCUT2D eigenvalue weighted by molar-refractivity contribution is 5.45. The molecule has 0 N–H and O–H groups in total. The number of aryl methyl sites for hydroxylation is 1. The minimum Gasteiger partial charge on any atom is -0.192 e. The molecule has 0 atom stereocenters. The number of nitriles is 1. The first-order valence-corrected chi connectivity index (χ1v) is 4.71. The van der Waals surface area contributed by atoms with Crippen LogP contribution in [0.1, 0.15) is 37.5 Å². The molecule has 0 unspecified atom stereocenters. The molecule has 1 heteroatoms. The van der Waals surface area contributed by atoms with Gasteiger partial charge in [-0.3, -0.25) is 0 Å². The summed E-state index contributed by atoms with van der Waals surface area (Å²) >= 11 is 0. The van der Waals surface area contributed by atoms with Crippen molar-refractivity contribution in [2.45, 2.75) is 27.7 Å². The Morgan fingerprint density at radius 1 is 1.21 bits per heavy atom. The van der Waals surface area contributed by atoms with E-state index in [0.717, 1.165) is 11.1 Å². The topological polar surface area (TPSA) is 23.8 Å². The molecule has 0 aliphatic heterocycles. The summed E-state index contributed by atoms with van der Waals surface area (Å²) in [5, 5.41) is 8.71. The van der Waals surface area contributed by atoms with Gasteiger partial charge in [0.05, 0.1) is 11.6 Å². The molecule has 0 saturated carbocycles. The van der Waals surface area contributed by atoms with Crippen LogP contribution in [-0.4, -0.2) is 0 Å². The number of hydrogen-bond donors (Lipinski definition) is 0. The Morgan fingerprint density at radius 3 is 2.36 bits per heavy atom. The van der Waals surface area contributed by atoms with Crippen molar-refractivity contribution in [1.82, 2.24) is 0 Å². The molecule has 0 bridgehead atoms. The lowest BCUT2D eigenvalue weighted by molar-refractivity contribution is 1.38. The summed E-state index contributed by atoms with van der Waals surface area (Å²) in [5.41, 5.74) is 2.61. The maximum Gasteiger partial charge on any atom is 0.0994 e. The Balaban J connectivity index is 0.000000791. The van der Waals surface area contributed by atoms with Crippen molar-refractivity contribution in [1.29, 1.82) is 5.26 Å². The number of hydrogen-bond acceptors (Lipinski definition) is 1. The second-order valence-electron chi connectivity index (χ2n) is 2.52. The van der Waals surface area contributed by atoms with E-state index in [4.69, 9.17) is 5.26 Å². The van der Waals surface area contributed by atoms with Crippen molar-refractivity contribution < 1.29 is 0 Å². The first-order chi connectivity index (χ1) is 6.77. The standard InChI is InChI=1S/C11H9N.C2H6/c1-3-4-10-6-5-9(2)11(7-10)8-12;1-2/h5-7H,1-2H3;1-2H3. The molecule has 0 aromatic heterocycles. The van der Waals surface area contributed by atoms with E-state index in [1.807, 2.05) is 39.0 Å². The van der Waals surface area contributed by atoms with Crippen LogP contribution in [0.5, 0.6) is 0 Å². The van der Waals surface area contributed by atoms with Crippen LogP contribution in [0.25, 0.3) is 0 Å². The van der Waals surface area contributed by atoms with E-state index in [2.05, 4.69) is 17.9 Å². The van der Waals surface area contributed by atoms with Crippen molar-refractivity contribution in [3.63, 3.8) is 0 Å². The van der Waals surface area contributed by atoms with Gasteiger partial charge in [0.2, 0.25) is 0 Å². The summed E-state index contributed by atoms with van der Waals surface area (Å²) in [6.45, 7) is 7.70. The van der Waals surface area contributed by atoms with Crippen LogP contribution in [0.2, 0.25) is 0 Å². The van der Waals surface area contributed by atoms with Gasteiger partial charge in [0.15, 0.2) is 0 Å². The molecule has 72 valence electrons. The lowest BCUT2D eigenvalue weighted by Gasteiger charge is -1.95. The zero-order valence-corrected chi connectivity index (χ0v) is 9.18. The van der Waals surface area contributed by atoms with Crippen molar-refractivity contribution in [3.05, 3.63) is 34.9 Å². The van der Waals surface area contributed by atoms with E-state index in [1.54, 1.807) is 6.92 Å². The predicted molar refractivity (Wildman–Crippen MR) is 59.8 cm³/mol. The zero-order chi connectivity index (χ0) is 11.0. The van der Waals surface area contributed by atoms with Gasteiger partial charge in [-0.25, -0.2) is 0 Å². The van der Waals surface area contributed by atoms with E-state index in [9.17, 15) is 0 Å². The number of nitrogens with zero attached hydrogens (tertiary/aromatic N) is 1. The molecular weight excluding hydrogens is 170 g/mol. The largest absolute Gasteiger partial charge is 0.192 e. The lowest BCUT2D eigenvalue weighted by atomic mass is 10.1. The van der Waals surface area contributed by atoms with Gasteiger partial charge < -0.3 is 0 Å². The maximum atomic E-state index is 8.71. The molecule has 1 aromatic carbocycles. The van der Waals surface area contributed by atoms with Crippen molar-refractivity contribution in [3.8, 4) is 17.9 Å². The highest BCUT2D eigenvalue weighted by Crippen LogP contribution is 2.08. The lowest BCUT2D eigenvalue weighted by Crippen LogP contribution is -1.83. The Kier molecular flexibility index (Phi) is 5.92. The monoisotopic (exact) mass is 185 g/mol. The third-order valence-corrected chi connectivity index (χ3v) is 1.63. The molecule has 0 radical (unpaired) electrons. The van der Waals surface area contributed by atoms with Crippen LogP contribution in [0.4, 0.5) is 0 Å². The Morgan fingerprint density at radius 2 is 1.86 bits per heavy atom. The van der Waals surface area contributed by atoms with Gasteiger partial charge in [0.1, 0.15) is 0 Å². The fourth-order valence-corrected chi connectivity index (χ4v) is 0.965. The molecule has 0 fully saturated rings. The SMILES string of the molecule is CC.CC#Cc1ccc(C)c(C#N)c1. The van der Waals surface area contributed by atoms with Crippen LogP contribution in [0.15, 0.2) is 18.2 Å². The van der Waals surface area contributed by atoms with E-state index in [-0.39, 0.29) is 0 Å². The van der Waals surface area contributed by atoms with Gasteiger partial charge >= 0.3 is 0 Å². The molecule has 0 saturated heterocycles. The Labute approximate surface area is 86.4 Å². The smallest absolute Gasteiger partial charge is 0.0994 e. The third-order valence-electron chi connectivity index (χ3n) is 1.63. The van der Waals surface area contributed by atoms with E-state index in [0.29, 0.717) is 5.56 Å². The second-order valence-corrected chi connectivity index (χ2v) is 2.52. The summed E-state index contributed by atoms with van der Waals surface area (Å²) in [6, 6.07) is 7.78. The van der Waals surface area contributed by atoms with Crippen molar-refractivity contribution in [2.24, 2.45) is 0 Å². The molecule has 0 heterocycles. The van der Waals surface area contributed by atoms with Crippen LogP contribution < -0.4 is 0 Å². The molecule has 0 aliphatic rings. The fraction of sp³-hybridized carbons (Fsp3) is 0.308. The molecule has 0 amide bonds. The predicted octanol–water partition coefficient (Wildman–Crippen LogP) is 3.26. The van der Waals surface area contributed by atoms with Crippen molar-refractivity contribution in [2.75, 3.05) is 0 Å². The minimum atomic E-state index is 0.704. The quantitative estimate of drug-likeness (QED) is 0.569. The average molecular weight is 185 g/mol. The van der Waals surface area contributed by atoms with E-state index < -0.39 is 0 Å². The van der Waals surface area contributed by atoms with Gasteiger partial charge in [-0.05, 0) is 31.5 Å². The minimum absolute atomic E-state index is 0.704. The van der Waals surface area contributed by atoms with Gasteiger partial charge in [-0.15, -0.1) is 5.92 Å². The molecule has 1 rings (SSSR count). The fourth-order valence-electron chi connectivity index (χ4n) is 0.965. The Bertz CT molecular complexity index is 386. The van der Waals surface area contributed by atoms with Crippen molar-refractivity contribution >= 4 is 0 Å². The van der Waals surface area contributed by atoms with E-state index >= 15 is 0 Å². The third kappa shape index (κ3) is 3.33. The second kappa shape index (κ2) is 6.75. The summed E-state index contributed by atoms with van der Waals surface area (Å²) in [6.07, 6.45) is 0. The number of rotatable bonds is 0. The van der Waals surface area contributed by atoms with Gasteiger partial charge in [0, 0.05) is 5.56 Å². The molecule has 0 spiro atoms. The van der Waals surface area contributed by atoms with E-state index in [1.165, 1.54) is 0 Å². The molecule has 14 heavy (non-hydrogen) atoms. The zero-order valence-electron chi connectivity index (χ0n) is 9.18. The summed E-state index contributed by atoms with van der Waals surface area (Å²) in [7, 11) is 0. The summed E-state index contributed by atoms with van der Waals surface area (Å²) in [5.74, 6) is 5.70. The normalized spacial score (nSPS) is 7.36. The first-order valence-electron chi connectivity index (χ1n) is 4.71. The highest BCUT2D eigenvalue weighted by Gasteiger charge is 1.96. The van der Waals surface area contributed by atoms with Crippen LogP contribution in [-0.2, 0) is 0 Å². The van der Waals surface area contributed by atoms with Crippen LogP contribution in [0.3, 0.4) is 0 Å². The van der Waals surface area contributed by atoms with Gasteiger partial charge in [0.25, 0.3) is 0 Å². The average Bonchev–Trinajstić information content (AvgIpc) is 2.24. The number of benzene rings is 1. The van der Waals surface area contributed by atoms with Crippen LogP contribution >= 0.6 is 0 Å².